The molecule has 1 aliphatic carbocycles. The van der Waals surface area contributed by atoms with E-state index in [-0.39, 0.29) is 5.41 Å². The van der Waals surface area contributed by atoms with E-state index in [0.29, 0.717) is 6.54 Å². The maximum atomic E-state index is 10.7. The number of nitrogens with two attached hydrogens (primary N) is 1. The van der Waals surface area contributed by atoms with Gasteiger partial charge in [-0.2, -0.15) is 5.10 Å². The fraction of sp³-hybridized carbons (Fsp3) is 0.400. The molecule has 0 bridgehead atoms. The molecule has 1 aliphatic rings. The second-order valence-corrected chi connectivity index (χ2v) is 5.54. The first-order valence-electron chi connectivity index (χ1n) is 6.58. The topological polar surface area (TPSA) is 64.1 Å². The third kappa shape index (κ3) is 1.97. The summed E-state index contributed by atoms with van der Waals surface area (Å²) < 4.78 is 1.71. The minimum atomic E-state index is -0.571. The third-order valence-electron chi connectivity index (χ3n) is 4.23. The van der Waals surface area contributed by atoms with Crippen LogP contribution in [0.15, 0.2) is 36.7 Å². The van der Waals surface area contributed by atoms with Gasteiger partial charge in [-0.3, -0.25) is 4.68 Å². The molecule has 3 rings (SSSR count). The van der Waals surface area contributed by atoms with Gasteiger partial charge in [-0.15, -0.1) is 0 Å². The van der Waals surface area contributed by atoms with Gasteiger partial charge < -0.3 is 10.8 Å². The van der Waals surface area contributed by atoms with Crippen LogP contribution >= 0.6 is 0 Å². The molecule has 0 fully saturated rings. The van der Waals surface area contributed by atoms with Crippen LogP contribution < -0.4 is 5.73 Å². The lowest BCUT2D eigenvalue weighted by atomic mass is 9.77. The zero-order valence-corrected chi connectivity index (χ0v) is 11.1. The van der Waals surface area contributed by atoms with E-state index in [0.717, 1.165) is 18.4 Å². The van der Waals surface area contributed by atoms with Crippen LogP contribution in [0, 0.1) is 5.41 Å². The molecule has 1 heterocycles. The van der Waals surface area contributed by atoms with Gasteiger partial charge in [0.25, 0.3) is 0 Å². The molecule has 1 atom stereocenters. The Balaban J connectivity index is 1.94. The SMILES string of the molecule is Cn1cc(C(O)C2(CN)Cc3ccccc3C2)cn1. The quantitative estimate of drug-likeness (QED) is 0.868. The number of aryl methyl sites for hydroxylation is 1. The normalized spacial score (nSPS) is 18.3. The van der Waals surface area contributed by atoms with E-state index < -0.39 is 6.10 Å². The lowest BCUT2D eigenvalue weighted by molar-refractivity contribution is 0.0357. The summed E-state index contributed by atoms with van der Waals surface area (Å²) >= 11 is 0. The second kappa shape index (κ2) is 4.47. The molecule has 0 spiro atoms. The van der Waals surface area contributed by atoms with Gasteiger partial charge in [0.2, 0.25) is 0 Å². The summed E-state index contributed by atoms with van der Waals surface area (Å²) in [6, 6.07) is 8.34. The smallest absolute Gasteiger partial charge is 0.0895 e. The molecule has 1 aromatic carbocycles. The number of hydrogen-bond acceptors (Lipinski definition) is 3. The second-order valence-electron chi connectivity index (χ2n) is 5.54. The van der Waals surface area contributed by atoms with Gasteiger partial charge in [-0.05, 0) is 24.0 Å². The van der Waals surface area contributed by atoms with E-state index >= 15 is 0 Å². The number of nitrogens with zero attached hydrogens (tertiary/aromatic N) is 2. The van der Waals surface area contributed by atoms with Crippen LogP contribution in [0.4, 0.5) is 0 Å². The molecule has 0 aliphatic heterocycles. The first-order chi connectivity index (χ1) is 9.14. The first-order valence-corrected chi connectivity index (χ1v) is 6.58. The van der Waals surface area contributed by atoms with Gasteiger partial charge >= 0.3 is 0 Å². The van der Waals surface area contributed by atoms with E-state index in [9.17, 15) is 5.11 Å². The molecular weight excluding hydrogens is 238 g/mol. The minimum Gasteiger partial charge on any atom is -0.388 e. The molecule has 4 nitrogen and oxygen atoms in total. The van der Waals surface area contributed by atoms with E-state index in [1.54, 1.807) is 10.9 Å². The van der Waals surface area contributed by atoms with Gasteiger partial charge in [-0.1, -0.05) is 24.3 Å². The molecule has 0 saturated heterocycles. The summed E-state index contributed by atoms with van der Waals surface area (Å²) in [6.07, 6.45) is 4.68. The highest BCUT2D eigenvalue weighted by Crippen LogP contribution is 2.45. The maximum Gasteiger partial charge on any atom is 0.0895 e. The molecule has 100 valence electrons. The summed E-state index contributed by atoms with van der Waals surface area (Å²) in [5.74, 6) is 0. The summed E-state index contributed by atoms with van der Waals surface area (Å²) in [6.45, 7) is 0.470. The highest BCUT2D eigenvalue weighted by atomic mass is 16.3. The Bertz CT molecular complexity index is 566. The Kier molecular flexibility index (Phi) is 2.92. The molecule has 0 saturated carbocycles. The van der Waals surface area contributed by atoms with Crippen molar-refractivity contribution in [3.8, 4) is 0 Å². The van der Waals surface area contributed by atoms with Gasteiger partial charge in [0, 0.05) is 30.8 Å². The zero-order valence-electron chi connectivity index (χ0n) is 11.1. The van der Waals surface area contributed by atoms with Crippen LogP contribution in [-0.4, -0.2) is 21.4 Å². The van der Waals surface area contributed by atoms with Crippen LogP contribution in [0.1, 0.15) is 22.8 Å². The Labute approximate surface area is 112 Å². The van der Waals surface area contributed by atoms with Gasteiger partial charge in [0.05, 0.1) is 12.3 Å². The first kappa shape index (κ1) is 12.4. The summed E-state index contributed by atoms with van der Waals surface area (Å²) in [4.78, 5) is 0. The average molecular weight is 257 g/mol. The summed E-state index contributed by atoms with van der Waals surface area (Å²) in [5, 5.41) is 14.9. The number of aliphatic hydroxyl groups excluding tert-OH is 1. The van der Waals surface area contributed by atoms with Crippen molar-refractivity contribution in [3.05, 3.63) is 53.3 Å². The van der Waals surface area contributed by atoms with E-state index in [2.05, 4.69) is 17.2 Å². The summed E-state index contributed by atoms with van der Waals surface area (Å²) in [5.41, 5.74) is 9.16. The molecule has 4 heteroatoms. The number of aliphatic hydroxyl groups is 1. The zero-order chi connectivity index (χ0) is 13.5. The van der Waals surface area contributed by atoms with Crippen molar-refractivity contribution in [3.63, 3.8) is 0 Å². The Hall–Kier alpha value is -1.65. The molecular formula is C15H19N3O. The van der Waals surface area contributed by atoms with Crippen LogP contribution in [0.5, 0.6) is 0 Å². The molecule has 3 N–H and O–H groups in total. The number of aromatic nitrogens is 2. The fourth-order valence-corrected chi connectivity index (χ4v) is 3.11. The van der Waals surface area contributed by atoms with Crippen molar-refractivity contribution < 1.29 is 5.11 Å². The predicted molar refractivity (Wildman–Crippen MR) is 73.5 cm³/mol. The largest absolute Gasteiger partial charge is 0.388 e. The van der Waals surface area contributed by atoms with Crippen LogP contribution in [0.3, 0.4) is 0 Å². The highest BCUT2D eigenvalue weighted by Gasteiger charge is 2.43. The minimum absolute atomic E-state index is 0.299. The Morgan fingerprint density at radius 2 is 2.00 bits per heavy atom. The number of rotatable bonds is 3. The van der Waals surface area contributed by atoms with Crippen LogP contribution in [0.25, 0.3) is 0 Å². The predicted octanol–water partition coefficient (Wildman–Crippen LogP) is 1.20. The van der Waals surface area contributed by atoms with Crippen molar-refractivity contribution in [1.29, 1.82) is 0 Å². The summed E-state index contributed by atoms with van der Waals surface area (Å²) in [7, 11) is 1.86. The number of benzene rings is 1. The Morgan fingerprint density at radius 3 is 2.47 bits per heavy atom. The fourth-order valence-electron chi connectivity index (χ4n) is 3.11. The van der Waals surface area contributed by atoms with Crippen molar-refractivity contribution in [2.45, 2.75) is 18.9 Å². The molecule has 2 aromatic rings. The van der Waals surface area contributed by atoms with E-state index in [1.165, 1.54) is 11.1 Å². The lowest BCUT2D eigenvalue weighted by Crippen LogP contribution is -2.37. The monoisotopic (exact) mass is 257 g/mol. The van der Waals surface area contributed by atoms with Gasteiger partial charge in [0.15, 0.2) is 0 Å². The molecule has 19 heavy (non-hydrogen) atoms. The van der Waals surface area contributed by atoms with Crippen molar-refractivity contribution in [2.75, 3.05) is 6.54 Å². The van der Waals surface area contributed by atoms with E-state index in [4.69, 9.17) is 5.73 Å². The lowest BCUT2D eigenvalue weighted by Gasteiger charge is -2.32. The maximum absolute atomic E-state index is 10.7. The Morgan fingerprint density at radius 1 is 1.37 bits per heavy atom. The third-order valence-corrected chi connectivity index (χ3v) is 4.23. The molecule has 0 amide bonds. The molecule has 0 radical (unpaired) electrons. The van der Waals surface area contributed by atoms with Gasteiger partial charge in [-0.25, -0.2) is 0 Å². The van der Waals surface area contributed by atoms with Crippen molar-refractivity contribution in [2.24, 2.45) is 18.2 Å². The average Bonchev–Trinajstić information content (AvgIpc) is 3.01. The van der Waals surface area contributed by atoms with Crippen LogP contribution in [0.2, 0.25) is 0 Å². The number of hydrogen-bond donors (Lipinski definition) is 2. The molecule has 1 aromatic heterocycles. The van der Waals surface area contributed by atoms with Crippen molar-refractivity contribution in [1.82, 2.24) is 9.78 Å². The highest BCUT2D eigenvalue weighted by molar-refractivity contribution is 5.36. The van der Waals surface area contributed by atoms with Gasteiger partial charge in [0.1, 0.15) is 0 Å². The van der Waals surface area contributed by atoms with Crippen molar-refractivity contribution >= 4 is 0 Å². The molecule has 1 unspecified atom stereocenters. The van der Waals surface area contributed by atoms with E-state index in [1.807, 2.05) is 25.4 Å². The van der Waals surface area contributed by atoms with Crippen LogP contribution in [-0.2, 0) is 19.9 Å². The number of fused-ring (bicyclic) bond motifs is 1. The standard InChI is InChI=1S/C15H19N3O/c1-18-9-13(8-17-18)14(19)15(10-16)6-11-4-2-3-5-12(11)7-15/h2-5,8-9,14,19H,6-7,10,16H2,1H3.